The van der Waals surface area contributed by atoms with Crippen molar-refractivity contribution in [1.82, 2.24) is 4.90 Å². The van der Waals surface area contributed by atoms with E-state index in [1.54, 1.807) is 6.07 Å². The lowest BCUT2D eigenvalue weighted by Crippen LogP contribution is -2.50. The molecule has 38 heavy (non-hydrogen) atoms. The van der Waals surface area contributed by atoms with E-state index in [9.17, 15) is 24.6 Å². The Morgan fingerprint density at radius 3 is 1.61 bits per heavy atom. The number of ketones is 1. The third-order valence-electron chi connectivity index (χ3n) is 8.77. The molecule has 0 aliphatic carbocycles. The van der Waals surface area contributed by atoms with Gasteiger partial charge in [-0.15, -0.1) is 0 Å². The Morgan fingerprint density at radius 1 is 0.789 bits per heavy atom. The highest BCUT2D eigenvalue weighted by atomic mass is 16.4. The quantitative estimate of drug-likeness (QED) is 0.311. The molecule has 2 aromatic rings. The van der Waals surface area contributed by atoms with E-state index in [-0.39, 0.29) is 23.5 Å². The third kappa shape index (κ3) is 5.85. The minimum Gasteiger partial charge on any atom is -0.480 e. The summed E-state index contributed by atoms with van der Waals surface area (Å²) in [5.41, 5.74) is 2.31. The number of aryl methyl sites for hydroxylation is 2. The number of aliphatic carboxylic acids is 1. The second kappa shape index (κ2) is 11.8. The van der Waals surface area contributed by atoms with Crippen LogP contribution in [-0.2, 0) is 10.2 Å². The fourth-order valence-corrected chi connectivity index (χ4v) is 5.18. The molecule has 2 aromatic carbocycles. The fraction of sp³-hybridized carbons (Fsp3) is 0.531. The third-order valence-corrected chi connectivity index (χ3v) is 8.77. The number of amides is 1. The lowest BCUT2D eigenvalue weighted by atomic mass is 9.69. The van der Waals surface area contributed by atoms with Crippen molar-refractivity contribution in [3.8, 4) is 0 Å². The van der Waals surface area contributed by atoms with Crippen LogP contribution in [-0.4, -0.2) is 51.0 Å². The van der Waals surface area contributed by atoms with E-state index in [1.807, 2.05) is 52.0 Å². The molecule has 0 fully saturated rings. The Bertz CT molecular complexity index is 1190. The second-order valence-electron chi connectivity index (χ2n) is 11.1. The van der Waals surface area contributed by atoms with Gasteiger partial charge in [-0.1, -0.05) is 58.0 Å². The first kappa shape index (κ1) is 31.2. The lowest BCUT2D eigenvalue weighted by Gasteiger charge is -2.35. The average molecular weight is 524 g/mol. The van der Waals surface area contributed by atoms with Crippen LogP contribution >= 0.6 is 0 Å². The Labute approximate surface area is 228 Å². The van der Waals surface area contributed by atoms with Gasteiger partial charge in [0.2, 0.25) is 0 Å². The molecule has 0 radical (unpaired) electrons. The summed E-state index contributed by atoms with van der Waals surface area (Å²) >= 11 is 0. The summed E-state index contributed by atoms with van der Waals surface area (Å²) in [4.78, 5) is 39.2. The highest BCUT2D eigenvalue weighted by Gasteiger charge is 2.37. The molecule has 0 aliphatic rings. The smallest absolute Gasteiger partial charge is 0.329 e. The molecule has 0 heterocycles. The molecule has 2 rings (SSSR count). The molecule has 6 heteroatoms. The van der Waals surface area contributed by atoms with Crippen molar-refractivity contribution in [2.75, 3.05) is 7.05 Å². The summed E-state index contributed by atoms with van der Waals surface area (Å²) in [6.07, 6.45) is 2.81. The Morgan fingerprint density at radius 2 is 1.24 bits per heavy atom. The number of Topliss-reactive ketones (excluding diaryl/α,β-unsaturated/α-hetero) is 1. The number of carboxylic acid groups (broad SMARTS) is 1. The molecule has 0 aliphatic heterocycles. The van der Waals surface area contributed by atoms with Crippen molar-refractivity contribution in [2.24, 2.45) is 0 Å². The molecule has 0 saturated heterocycles. The largest absolute Gasteiger partial charge is 0.480 e. The van der Waals surface area contributed by atoms with E-state index in [1.165, 1.54) is 25.8 Å². The summed E-state index contributed by atoms with van der Waals surface area (Å²) in [5.74, 6) is -1.45. The monoisotopic (exact) mass is 523 g/mol. The number of aliphatic hydroxyl groups is 1. The summed E-state index contributed by atoms with van der Waals surface area (Å²) in [7, 11) is 1.51. The van der Waals surface area contributed by atoms with Crippen molar-refractivity contribution in [1.29, 1.82) is 0 Å². The lowest BCUT2D eigenvalue weighted by molar-refractivity contribution is -0.147. The molecule has 0 unspecified atom stereocenters. The molecule has 1 amide bonds. The zero-order chi connectivity index (χ0) is 29.1. The van der Waals surface area contributed by atoms with Crippen LogP contribution in [0.15, 0.2) is 36.4 Å². The van der Waals surface area contributed by atoms with Crippen molar-refractivity contribution in [2.45, 2.75) is 104 Å². The summed E-state index contributed by atoms with van der Waals surface area (Å²) < 4.78 is 0. The highest BCUT2D eigenvalue weighted by molar-refractivity contribution is 5.99. The number of nitrogens with zero attached hydrogens (tertiary/aromatic N) is 1. The maximum atomic E-state index is 13.2. The summed E-state index contributed by atoms with van der Waals surface area (Å²) in [6, 6.07) is 11.8. The van der Waals surface area contributed by atoms with Gasteiger partial charge in [-0.3, -0.25) is 9.59 Å². The molecule has 0 spiro atoms. The summed E-state index contributed by atoms with van der Waals surface area (Å²) in [6.45, 7) is 14.9. The number of carboxylic acids is 1. The Hall–Kier alpha value is -2.99. The number of hydrogen-bond donors (Lipinski definition) is 2. The van der Waals surface area contributed by atoms with Gasteiger partial charge in [0.05, 0.1) is 5.60 Å². The normalized spacial score (nSPS) is 12.4. The predicted molar refractivity (Wildman–Crippen MR) is 152 cm³/mol. The van der Waals surface area contributed by atoms with Crippen molar-refractivity contribution in [3.05, 3.63) is 69.8 Å². The van der Waals surface area contributed by atoms with E-state index in [2.05, 4.69) is 19.9 Å². The van der Waals surface area contributed by atoms with Gasteiger partial charge in [0, 0.05) is 30.0 Å². The average Bonchev–Trinajstić information content (AvgIpc) is 2.88. The second-order valence-corrected chi connectivity index (χ2v) is 11.1. The molecule has 208 valence electrons. The first-order valence-electron chi connectivity index (χ1n) is 13.6. The zero-order valence-corrected chi connectivity index (χ0v) is 24.6. The van der Waals surface area contributed by atoms with Crippen molar-refractivity contribution >= 4 is 17.7 Å². The van der Waals surface area contributed by atoms with E-state index >= 15 is 0 Å². The van der Waals surface area contributed by atoms with Crippen LogP contribution in [0.2, 0.25) is 0 Å². The van der Waals surface area contributed by atoms with Crippen LogP contribution in [0, 0.1) is 13.8 Å². The van der Waals surface area contributed by atoms with Crippen LogP contribution in [0.1, 0.15) is 117 Å². The highest BCUT2D eigenvalue weighted by Crippen LogP contribution is 2.40. The molecule has 2 N–H and O–H groups in total. The van der Waals surface area contributed by atoms with Crippen LogP contribution < -0.4 is 0 Å². The number of benzene rings is 2. The molecular formula is C32H45NO5. The van der Waals surface area contributed by atoms with E-state index in [4.69, 9.17) is 0 Å². The van der Waals surface area contributed by atoms with Gasteiger partial charge in [-0.2, -0.15) is 0 Å². The number of likely N-dealkylation sites (N-methyl/N-ethyl adjacent to an activating group) is 1. The fourth-order valence-electron chi connectivity index (χ4n) is 5.18. The van der Waals surface area contributed by atoms with Crippen LogP contribution in [0.3, 0.4) is 0 Å². The molecule has 0 saturated carbocycles. The van der Waals surface area contributed by atoms with Crippen LogP contribution in [0.4, 0.5) is 0 Å². The Balaban J connectivity index is 2.50. The first-order chi connectivity index (χ1) is 17.6. The number of carbonyl (C=O) groups excluding carboxylic acids is 2. The maximum absolute atomic E-state index is 13.2. The van der Waals surface area contributed by atoms with Gasteiger partial charge in [-0.25, -0.2) is 4.79 Å². The van der Waals surface area contributed by atoms with Gasteiger partial charge in [-0.05, 0) is 81.7 Å². The number of carbonyl (C=O) groups is 3. The zero-order valence-electron chi connectivity index (χ0n) is 24.6. The van der Waals surface area contributed by atoms with E-state index in [0.29, 0.717) is 24.0 Å². The maximum Gasteiger partial charge on any atom is 0.329 e. The Kier molecular flexibility index (Phi) is 9.71. The SMILES string of the molecule is CCC(O)(CC)CC(=O)c1ccc(C(CC)(CC)c2ccc(C(=O)N(C)C(C)(C)C(=O)O)c(C)c2)cc1C. The van der Waals surface area contributed by atoms with Crippen molar-refractivity contribution in [3.63, 3.8) is 0 Å². The summed E-state index contributed by atoms with van der Waals surface area (Å²) in [5, 5.41) is 20.2. The minimum atomic E-state index is -1.33. The van der Waals surface area contributed by atoms with Gasteiger partial charge in [0.15, 0.2) is 5.78 Å². The minimum absolute atomic E-state index is 0.0500. The number of hydrogen-bond acceptors (Lipinski definition) is 4. The topological polar surface area (TPSA) is 94.9 Å². The molecule has 0 bridgehead atoms. The first-order valence-corrected chi connectivity index (χ1v) is 13.6. The van der Waals surface area contributed by atoms with Crippen LogP contribution in [0.5, 0.6) is 0 Å². The molecule has 6 nitrogen and oxygen atoms in total. The van der Waals surface area contributed by atoms with Crippen LogP contribution in [0.25, 0.3) is 0 Å². The molecule has 0 aromatic heterocycles. The van der Waals surface area contributed by atoms with Gasteiger partial charge >= 0.3 is 5.97 Å². The van der Waals surface area contributed by atoms with Gasteiger partial charge in [0.1, 0.15) is 5.54 Å². The molecular weight excluding hydrogens is 478 g/mol. The van der Waals surface area contributed by atoms with Crippen molar-refractivity contribution < 1.29 is 24.6 Å². The van der Waals surface area contributed by atoms with E-state index < -0.39 is 17.1 Å². The predicted octanol–water partition coefficient (Wildman–Crippen LogP) is 6.47. The van der Waals surface area contributed by atoms with Gasteiger partial charge < -0.3 is 15.1 Å². The molecule has 0 atom stereocenters. The standard InChI is InChI=1S/C32H45NO5/c1-10-31(38,11-2)20-27(34)25-16-14-23(18-21(25)5)32(12-3,13-4)24-15-17-26(22(6)19-24)28(35)33(9)30(7,8)29(36)37/h14-19,38H,10-13,20H2,1-9H3,(H,36,37). The van der Waals surface area contributed by atoms with Gasteiger partial charge in [0.25, 0.3) is 5.91 Å². The van der Waals surface area contributed by atoms with E-state index in [0.717, 1.165) is 35.1 Å². The number of rotatable bonds is 12.